The first-order valence-corrected chi connectivity index (χ1v) is 9.26. The lowest BCUT2D eigenvalue weighted by molar-refractivity contribution is 0.0393. The molecular formula is C20H25N5O. The van der Waals surface area contributed by atoms with Gasteiger partial charge in [0.2, 0.25) is 0 Å². The Hall–Kier alpha value is -2.47. The molecular weight excluding hydrogens is 326 g/mol. The van der Waals surface area contributed by atoms with Crippen LogP contribution in [0.5, 0.6) is 0 Å². The number of likely N-dealkylation sites (N-methyl/N-ethyl adjacent to an activating group) is 1. The van der Waals surface area contributed by atoms with Gasteiger partial charge in [0, 0.05) is 43.5 Å². The average Bonchev–Trinajstić information content (AvgIpc) is 3.15. The summed E-state index contributed by atoms with van der Waals surface area (Å²) in [4.78, 5) is 18.8. The summed E-state index contributed by atoms with van der Waals surface area (Å²) in [5.41, 5.74) is 3.50. The predicted molar refractivity (Wildman–Crippen MR) is 102 cm³/mol. The summed E-state index contributed by atoms with van der Waals surface area (Å²) in [6.45, 7) is 3.79. The van der Waals surface area contributed by atoms with Crippen molar-refractivity contribution in [1.82, 2.24) is 20.0 Å². The third kappa shape index (κ3) is 3.29. The molecule has 136 valence electrons. The molecule has 1 amide bonds. The third-order valence-electron chi connectivity index (χ3n) is 5.40. The maximum absolute atomic E-state index is 12.4. The topological polar surface area (TPSA) is 52.6 Å². The number of carbonyl (C=O) groups excluding carboxylic acids is 1. The first-order chi connectivity index (χ1) is 12.6. The van der Waals surface area contributed by atoms with E-state index in [9.17, 15) is 4.79 Å². The quantitative estimate of drug-likeness (QED) is 0.845. The van der Waals surface area contributed by atoms with Crippen LogP contribution in [-0.2, 0) is 0 Å². The standard InChI is InChI=1S/C20H25N5O/c1-23(2)17-13-25(14-17)20(26)19-10-9-18(21-22-19)15-5-7-16(8-6-15)24-11-3-4-12-24/h5-10,17H,3-4,11-14H2,1-2H3. The second kappa shape index (κ2) is 7.03. The Morgan fingerprint density at radius 1 is 1.00 bits per heavy atom. The van der Waals surface area contributed by atoms with Crippen molar-refractivity contribution < 1.29 is 4.79 Å². The summed E-state index contributed by atoms with van der Waals surface area (Å²) in [6, 6.07) is 12.6. The molecule has 0 spiro atoms. The first-order valence-electron chi connectivity index (χ1n) is 9.26. The van der Waals surface area contributed by atoms with Crippen LogP contribution in [0.15, 0.2) is 36.4 Å². The number of rotatable bonds is 4. The van der Waals surface area contributed by atoms with E-state index in [1.807, 2.05) is 25.1 Å². The van der Waals surface area contributed by atoms with Crippen LogP contribution in [0.25, 0.3) is 11.3 Å². The highest BCUT2D eigenvalue weighted by molar-refractivity contribution is 5.93. The van der Waals surface area contributed by atoms with Gasteiger partial charge in [-0.05, 0) is 51.2 Å². The Kier molecular flexibility index (Phi) is 4.59. The Morgan fingerprint density at radius 3 is 2.27 bits per heavy atom. The minimum Gasteiger partial charge on any atom is -0.372 e. The van der Waals surface area contributed by atoms with E-state index in [-0.39, 0.29) is 5.91 Å². The first kappa shape index (κ1) is 17.0. The number of aromatic nitrogens is 2. The van der Waals surface area contributed by atoms with Gasteiger partial charge in [-0.25, -0.2) is 0 Å². The highest BCUT2D eigenvalue weighted by Crippen LogP contribution is 2.24. The number of hydrogen-bond donors (Lipinski definition) is 0. The molecule has 0 atom stereocenters. The van der Waals surface area contributed by atoms with E-state index in [4.69, 9.17) is 0 Å². The Morgan fingerprint density at radius 2 is 1.69 bits per heavy atom. The van der Waals surface area contributed by atoms with E-state index in [1.165, 1.54) is 18.5 Å². The van der Waals surface area contributed by atoms with E-state index in [0.29, 0.717) is 11.7 Å². The summed E-state index contributed by atoms with van der Waals surface area (Å²) in [5.74, 6) is -0.0356. The van der Waals surface area contributed by atoms with Gasteiger partial charge >= 0.3 is 0 Å². The lowest BCUT2D eigenvalue weighted by Gasteiger charge is -2.42. The van der Waals surface area contributed by atoms with Gasteiger partial charge in [0.05, 0.1) is 5.69 Å². The Bertz CT molecular complexity index is 760. The molecule has 26 heavy (non-hydrogen) atoms. The number of amides is 1. The molecule has 2 aliphatic heterocycles. The van der Waals surface area contributed by atoms with Crippen molar-refractivity contribution >= 4 is 11.6 Å². The van der Waals surface area contributed by atoms with Gasteiger partial charge in [0.15, 0.2) is 5.69 Å². The van der Waals surface area contributed by atoms with E-state index in [0.717, 1.165) is 37.4 Å². The fourth-order valence-corrected chi connectivity index (χ4v) is 3.53. The van der Waals surface area contributed by atoms with Crippen molar-refractivity contribution in [2.75, 3.05) is 45.2 Å². The van der Waals surface area contributed by atoms with E-state index in [1.54, 1.807) is 6.07 Å². The number of benzene rings is 1. The second-order valence-corrected chi connectivity index (χ2v) is 7.37. The zero-order valence-corrected chi connectivity index (χ0v) is 15.4. The SMILES string of the molecule is CN(C)C1CN(C(=O)c2ccc(-c3ccc(N4CCCC4)cc3)nn2)C1. The van der Waals surface area contributed by atoms with Crippen molar-refractivity contribution in [2.45, 2.75) is 18.9 Å². The maximum Gasteiger partial charge on any atom is 0.274 e. The van der Waals surface area contributed by atoms with Crippen LogP contribution < -0.4 is 4.90 Å². The van der Waals surface area contributed by atoms with Crippen LogP contribution in [0, 0.1) is 0 Å². The van der Waals surface area contributed by atoms with E-state index in [2.05, 4.69) is 44.3 Å². The van der Waals surface area contributed by atoms with Gasteiger partial charge in [0.25, 0.3) is 5.91 Å². The number of nitrogens with zero attached hydrogens (tertiary/aromatic N) is 5. The average molecular weight is 351 g/mol. The maximum atomic E-state index is 12.4. The summed E-state index contributed by atoms with van der Waals surface area (Å²) in [6.07, 6.45) is 2.55. The zero-order valence-electron chi connectivity index (χ0n) is 15.4. The number of carbonyl (C=O) groups is 1. The van der Waals surface area contributed by atoms with Crippen molar-refractivity contribution in [3.05, 3.63) is 42.1 Å². The fourth-order valence-electron chi connectivity index (χ4n) is 3.53. The Labute approximate surface area is 154 Å². The molecule has 1 aromatic heterocycles. The normalized spacial score (nSPS) is 17.7. The van der Waals surface area contributed by atoms with Crippen LogP contribution in [-0.4, -0.2) is 72.2 Å². The molecule has 2 fully saturated rings. The number of likely N-dealkylation sites (tertiary alicyclic amines) is 1. The fraction of sp³-hybridized carbons (Fsp3) is 0.450. The van der Waals surface area contributed by atoms with Gasteiger partial charge in [-0.2, -0.15) is 0 Å². The zero-order chi connectivity index (χ0) is 18.1. The summed E-state index contributed by atoms with van der Waals surface area (Å²) in [7, 11) is 4.08. The lowest BCUT2D eigenvalue weighted by atomic mass is 10.1. The van der Waals surface area contributed by atoms with E-state index < -0.39 is 0 Å². The number of anilines is 1. The van der Waals surface area contributed by atoms with Crippen molar-refractivity contribution in [2.24, 2.45) is 0 Å². The molecule has 4 rings (SSSR count). The second-order valence-electron chi connectivity index (χ2n) is 7.37. The van der Waals surface area contributed by atoms with Gasteiger partial charge < -0.3 is 14.7 Å². The summed E-state index contributed by atoms with van der Waals surface area (Å²) >= 11 is 0. The predicted octanol–water partition coefficient (Wildman–Crippen LogP) is 2.13. The van der Waals surface area contributed by atoms with Crippen molar-refractivity contribution in [3.63, 3.8) is 0 Å². The molecule has 2 aromatic rings. The van der Waals surface area contributed by atoms with Crippen LogP contribution >= 0.6 is 0 Å². The molecule has 0 bridgehead atoms. The highest BCUT2D eigenvalue weighted by atomic mass is 16.2. The van der Waals surface area contributed by atoms with Gasteiger partial charge in [-0.15, -0.1) is 10.2 Å². The van der Waals surface area contributed by atoms with Gasteiger partial charge in [-0.3, -0.25) is 4.79 Å². The third-order valence-corrected chi connectivity index (χ3v) is 5.40. The summed E-state index contributed by atoms with van der Waals surface area (Å²) in [5, 5.41) is 8.43. The van der Waals surface area contributed by atoms with Crippen LogP contribution in [0.2, 0.25) is 0 Å². The molecule has 2 saturated heterocycles. The molecule has 0 saturated carbocycles. The molecule has 6 heteroatoms. The van der Waals surface area contributed by atoms with Crippen LogP contribution in [0.3, 0.4) is 0 Å². The smallest absolute Gasteiger partial charge is 0.274 e. The molecule has 1 aromatic carbocycles. The molecule has 0 N–H and O–H groups in total. The molecule has 6 nitrogen and oxygen atoms in total. The lowest BCUT2D eigenvalue weighted by Crippen LogP contribution is -2.59. The largest absolute Gasteiger partial charge is 0.372 e. The Balaban J connectivity index is 1.42. The molecule has 2 aliphatic rings. The van der Waals surface area contributed by atoms with Crippen molar-refractivity contribution in [3.8, 4) is 11.3 Å². The minimum absolute atomic E-state index is 0.0356. The molecule has 3 heterocycles. The van der Waals surface area contributed by atoms with Gasteiger partial charge in [0.1, 0.15) is 0 Å². The minimum atomic E-state index is -0.0356. The summed E-state index contributed by atoms with van der Waals surface area (Å²) < 4.78 is 0. The number of hydrogen-bond acceptors (Lipinski definition) is 5. The monoisotopic (exact) mass is 351 g/mol. The molecule has 0 aliphatic carbocycles. The van der Waals surface area contributed by atoms with Gasteiger partial charge in [-0.1, -0.05) is 12.1 Å². The van der Waals surface area contributed by atoms with Crippen LogP contribution in [0.1, 0.15) is 23.3 Å². The van der Waals surface area contributed by atoms with E-state index >= 15 is 0 Å². The van der Waals surface area contributed by atoms with Crippen LogP contribution in [0.4, 0.5) is 5.69 Å². The molecule has 0 unspecified atom stereocenters. The van der Waals surface area contributed by atoms with Crippen molar-refractivity contribution in [1.29, 1.82) is 0 Å². The highest BCUT2D eigenvalue weighted by Gasteiger charge is 2.33. The molecule has 0 radical (unpaired) electrons.